The van der Waals surface area contributed by atoms with E-state index in [-0.39, 0.29) is 5.91 Å². The number of anilines is 1. The minimum Gasteiger partial charge on any atom is -0.268 e. The van der Waals surface area contributed by atoms with Gasteiger partial charge in [-0.1, -0.05) is 82.4 Å². The number of carbonyl (C=O) groups is 1. The number of rotatable bonds is 3. The van der Waals surface area contributed by atoms with Gasteiger partial charge in [-0.3, -0.25) is 9.69 Å². The molecule has 0 atom stereocenters. The van der Waals surface area contributed by atoms with Crippen molar-refractivity contribution in [3.05, 3.63) is 81.2 Å². The second-order valence-corrected chi connectivity index (χ2v) is 7.89. The van der Waals surface area contributed by atoms with E-state index in [1.165, 1.54) is 11.8 Å². The van der Waals surface area contributed by atoms with Crippen LogP contribution in [0.2, 0.25) is 0 Å². The smallest absolute Gasteiger partial charge is 0.268 e. The fourth-order valence-corrected chi connectivity index (χ4v) is 4.10. The van der Waals surface area contributed by atoms with Crippen molar-refractivity contribution >= 4 is 61.9 Å². The Morgan fingerprint density at radius 2 is 1.92 bits per heavy atom. The number of hydrogen-bond donors (Lipinski definition) is 0. The Morgan fingerprint density at radius 3 is 2.62 bits per heavy atom. The van der Waals surface area contributed by atoms with Crippen LogP contribution in [0.3, 0.4) is 0 Å². The van der Waals surface area contributed by atoms with E-state index in [9.17, 15) is 4.79 Å². The SMILES string of the molecule is CC(/C=C1\SC(=S)N(c2cccc(Br)c2)C1=O)=C\c1ccccc1. The zero-order valence-electron chi connectivity index (χ0n) is 12.9. The molecule has 1 heterocycles. The van der Waals surface area contributed by atoms with Gasteiger partial charge in [0.25, 0.3) is 5.91 Å². The number of benzene rings is 2. The monoisotopic (exact) mass is 415 g/mol. The molecule has 3 rings (SSSR count). The van der Waals surface area contributed by atoms with Crippen LogP contribution in [0, 0.1) is 0 Å². The minimum absolute atomic E-state index is 0.0797. The molecule has 0 aliphatic carbocycles. The van der Waals surface area contributed by atoms with Crippen LogP contribution in [0.15, 0.2) is 75.6 Å². The van der Waals surface area contributed by atoms with Crippen LogP contribution in [0.5, 0.6) is 0 Å². The largest absolute Gasteiger partial charge is 0.270 e. The summed E-state index contributed by atoms with van der Waals surface area (Å²) in [5.41, 5.74) is 2.89. The second-order valence-electron chi connectivity index (χ2n) is 5.30. The van der Waals surface area contributed by atoms with Crippen LogP contribution in [0.25, 0.3) is 6.08 Å². The molecule has 1 amide bonds. The zero-order chi connectivity index (χ0) is 17.1. The predicted molar refractivity (Wildman–Crippen MR) is 110 cm³/mol. The van der Waals surface area contributed by atoms with Gasteiger partial charge in [-0.15, -0.1) is 0 Å². The van der Waals surface area contributed by atoms with Crippen molar-refractivity contribution in [2.45, 2.75) is 6.92 Å². The molecular weight excluding hydrogens is 402 g/mol. The van der Waals surface area contributed by atoms with Crippen LogP contribution in [0.1, 0.15) is 12.5 Å². The number of allylic oxidation sites excluding steroid dienone is 2. The zero-order valence-corrected chi connectivity index (χ0v) is 16.1. The number of halogens is 1. The standard InChI is InChI=1S/C19H14BrNOS2/c1-13(10-14-6-3-2-4-7-14)11-17-18(22)21(19(23)24-17)16-9-5-8-15(20)12-16/h2-12H,1H3/b13-10+,17-11-. The Hall–Kier alpha value is -1.69. The predicted octanol–water partition coefficient (Wildman–Crippen LogP) is 5.80. The van der Waals surface area contributed by atoms with E-state index in [0.717, 1.165) is 21.3 Å². The lowest BCUT2D eigenvalue weighted by atomic mass is 10.1. The maximum Gasteiger partial charge on any atom is 0.270 e. The highest BCUT2D eigenvalue weighted by Crippen LogP contribution is 2.36. The van der Waals surface area contributed by atoms with Crippen molar-refractivity contribution in [1.29, 1.82) is 0 Å². The van der Waals surface area contributed by atoms with Gasteiger partial charge in [0.2, 0.25) is 0 Å². The van der Waals surface area contributed by atoms with Crippen molar-refractivity contribution in [1.82, 2.24) is 0 Å². The number of thiocarbonyl (C=S) groups is 1. The highest BCUT2D eigenvalue weighted by atomic mass is 79.9. The molecule has 120 valence electrons. The number of thioether (sulfide) groups is 1. The molecule has 2 nitrogen and oxygen atoms in total. The summed E-state index contributed by atoms with van der Waals surface area (Å²) in [7, 11) is 0. The lowest BCUT2D eigenvalue weighted by Crippen LogP contribution is -2.27. The second kappa shape index (κ2) is 7.47. The van der Waals surface area contributed by atoms with Gasteiger partial charge >= 0.3 is 0 Å². The molecule has 0 radical (unpaired) electrons. The molecule has 0 N–H and O–H groups in total. The Morgan fingerprint density at radius 1 is 1.17 bits per heavy atom. The summed E-state index contributed by atoms with van der Waals surface area (Å²) < 4.78 is 1.47. The quantitative estimate of drug-likeness (QED) is 0.466. The van der Waals surface area contributed by atoms with E-state index in [0.29, 0.717) is 9.23 Å². The van der Waals surface area contributed by atoms with Gasteiger partial charge in [0.15, 0.2) is 4.32 Å². The van der Waals surface area contributed by atoms with E-state index in [1.807, 2.05) is 73.7 Å². The average Bonchev–Trinajstić information content (AvgIpc) is 2.82. The Labute approximate surface area is 159 Å². The number of nitrogens with zero attached hydrogens (tertiary/aromatic N) is 1. The van der Waals surface area contributed by atoms with Gasteiger partial charge in [-0.2, -0.15) is 0 Å². The van der Waals surface area contributed by atoms with Crippen LogP contribution < -0.4 is 4.90 Å². The van der Waals surface area contributed by atoms with E-state index >= 15 is 0 Å². The van der Waals surface area contributed by atoms with Crippen molar-refractivity contribution < 1.29 is 4.79 Å². The van der Waals surface area contributed by atoms with Crippen LogP contribution in [-0.4, -0.2) is 10.2 Å². The van der Waals surface area contributed by atoms with Crippen LogP contribution in [-0.2, 0) is 4.79 Å². The summed E-state index contributed by atoms with van der Waals surface area (Å²) in [6.07, 6.45) is 3.94. The molecule has 0 unspecified atom stereocenters. The third-order valence-electron chi connectivity index (χ3n) is 3.41. The normalized spacial score (nSPS) is 17.0. The van der Waals surface area contributed by atoms with E-state index < -0.39 is 0 Å². The van der Waals surface area contributed by atoms with Gasteiger partial charge in [0.1, 0.15) is 0 Å². The van der Waals surface area contributed by atoms with Gasteiger partial charge in [-0.25, -0.2) is 0 Å². The maximum absolute atomic E-state index is 12.7. The van der Waals surface area contributed by atoms with Crippen molar-refractivity contribution in [3.63, 3.8) is 0 Å². The van der Waals surface area contributed by atoms with Crippen molar-refractivity contribution in [2.75, 3.05) is 4.90 Å². The summed E-state index contributed by atoms with van der Waals surface area (Å²) in [6.45, 7) is 1.98. The summed E-state index contributed by atoms with van der Waals surface area (Å²) in [6, 6.07) is 17.6. The van der Waals surface area contributed by atoms with Crippen LogP contribution >= 0.6 is 39.9 Å². The van der Waals surface area contributed by atoms with E-state index in [1.54, 1.807) is 4.90 Å². The van der Waals surface area contributed by atoms with Crippen molar-refractivity contribution in [3.8, 4) is 0 Å². The minimum atomic E-state index is -0.0797. The Bertz CT molecular complexity index is 859. The Balaban J connectivity index is 1.87. The van der Waals surface area contributed by atoms with E-state index in [2.05, 4.69) is 15.9 Å². The first-order valence-corrected chi connectivity index (χ1v) is 9.33. The highest BCUT2D eigenvalue weighted by Gasteiger charge is 2.33. The van der Waals surface area contributed by atoms with Gasteiger partial charge in [0.05, 0.1) is 10.6 Å². The lowest BCUT2D eigenvalue weighted by molar-refractivity contribution is -0.113. The molecular formula is C19H14BrNOS2. The van der Waals surface area contributed by atoms with Gasteiger partial charge in [0, 0.05) is 4.47 Å². The number of amides is 1. The third kappa shape index (κ3) is 3.86. The lowest BCUT2D eigenvalue weighted by Gasteiger charge is -2.14. The first-order valence-electron chi connectivity index (χ1n) is 7.31. The van der Waals surface area contributed by atoms with Crippen molar-refractivity contribution in [2.24, 2.45) is 0 Å². The van der Waals surface area contributed by atoms with Gasteiger partial charge < -0.3 is 0 Å². The summed E-state index contributed by atoms with van der Waals surface area (Å²) >= 11 is 10.2. The third-order valence-corrected chi connectivity index (χ3v) is 5.21. The van der Waals surface area contributed by atoms with E-state index in [4.69, 9.17) is 12.2 Å². The Kier molecular flexibility index (Phi) is 5.33. The molecule has 0 aromatic heterocycles. The molecule has 2 aromatic rings. The molecule has 0 bridgehead atoms. The van der Waals surface area contributed by atoms with Gasteiger partial charge in [-0.05, 0) is 42.3 Å². The number of carbonyl (C=O) groups excluding carboxylic acids is 1. The first-order chi connectivity index (χ1) is 11.5. The summed E-state index contributed by atoms with van der Waals surface area (Å²) in [4.78, 5) is 14.9. The fourth-order valence-electron chi connectivity index (χ4n) is 2.37. The summed E-state index contributed by atoms with van der Waals surface area (Å²) in [5, 5.41) is 0. The summed E-state index contributed by atoms with van der Waals surface area (Å²) in [5.74, 6) is -0.0797. The molecule has 1 aliphatic rings. The maximum atomic E-state index is 12.7. The molecule has 5 heteroatoms. The molecule has 1 saturated heterocycles. The highest BCUT2D eigenvalue weighted by molar-refractivity contribution is 9.10. The average molecular weight is 416 g/mol. The van der Waals surface area contributed by atoms with Crippen LogP contribution in [0.4, 0.5) is 5.69 Å². The first kappa shape index (κ1) is 17.1. The molecule has 1 aliphatic heterocycles. The molecule has 2 aromatic carbocycles. The fraction of sp³-hybridized carbons (Fsp3) is 0.0526. The topological polar surface area (TPSA) is 20.3 Å². The molecule has 24 heavy (non-hydrogen) atoms. The molecule has 0 spiro atoms. The molecule has 0 saturated carbocycles. The number of hydrogen-bond acceptors (Lipinski definition) is 3. The molecule has 1 fully saturated rings.